The Morgan fingerprint density at radius 3 is 2.11 bits per heavy atom. The summed E-state index contributed by atoms with van der Waals surface area (Å²) in [5.74, 6) is -8.74. The molecular weight excluding hydrogens is 270 g/mol. The molecule has 0 aliphatic heterocycles. The molecule has 2 aliphatic carbocycles. The van der Waals surface area contributed by atoms with E-state index in [0.29, 0.717) is 0 Å². The van der Waals surface area contributed by atoms with Crippen LogP contribution in [-0.4, -0.2) is 17.8 Å². The number of alkyl halides is 6. The lowest BCUT2D eigenvalue weighted by atomic mass is 9.68. The lowest BCUT2D eigenvalue weighted by Gasteiger charge is -2.44. The molecule has 0 N–H and O–H groups in total. The van der Waals surface area contributed by atoms with Gasteiger partial charge in [0.1, 0.15) is 0 Å². The Balaban J connectivity index is 2.57. The lowest BCUT2D eigenvalue weighted by molar-refractivity contribution is -0.318. The summed E-state index contributed by atoms with van der Waals surface area (Å²) in [5, 5.41) is 0. The minimum atomic E-state index is -5.54. The van der Waals surface area contributed by atoms with Gasteiger partial charge in [0.25, 0.3) is 11.6 Å². The maximum Gasteiger partial charge on any atom is 0.428 e. The van der Waals surface area contributed by atoms with Crippen LogP contribution in [0.4, 0.5) is 26.3 Å². The van der Waals surface area contributed by atoms with Crippen LogP contribution >= 0.6 is 0 Å². The van der Waals surface area contributed by atoms with Crippen molar-refractivity contribution in [3.05, 3.63) is 11.6 Å². The third-order valence-corrected chi connectivity index (χ3v) is 4.61. The van der Waals surface area contributed by atoms with E-state index in [2.05, 4.69) is 0 Å². The minimum Gasteiger partial charge on any atom is -0.227 e. The number of rotatable bonds is 1. The van der Waals surface area contributed by atoms with Crippen LogP contribution in [0.25, 0.3) is 0 Å². The van der Waals surface area contributed by atoms with Crippen LogP contribution in [-0.2, 0) is 0 Å². The van der Waals surface area contributed by atoms with Crippen LogP contribution in [0.1, 0.15) is 27.2 Å². The first-order chi connectivity index (χ1) is 8.50. The standard InChI is InChI=1S/C13H16F6/c1-4-7-8-5-9(10(7)6(2)3)11(14,12(8,15)16)13(17,18)19/h4,6,8-10H,5H2,1-3H3/b7-4-. The highest BCUT2D eigenvalue weighted by Gasteiger charge is 2.84. The molecule has 19 heavy (non-hydrogen) atoms. The Labute approximate surface area is 107 Å². The molecule has 2 aliphatic rings. The van der Waals surface area contributed by atoms with Gasteiger partial charge in [-0.05, 0) is 25.2 Å². The molecule has 2 rings (SSSR count). The first-order valence-electron chi connectivity index (χ1n) is 6.29. The van der Waals surface area contributed by atoms with Crippen molar-refractivity contribution < 1.29 is 26.3 Å². The summed E-state index contributed by atoms with van der Waals surface area (Å²) in [6.07, 6.45) is -4.53. The molecule has 0 heterocycles. The summed E-state index contributed by atoms with van der Waals surface area (Å²) < 4.78 is 80.8. The molecule has 0 radical (unpaired) electrons. The van der Waals surface area contributed by atoms with Crippen molar-refractivity contribution in [2.75, 3.05) is 0 Å². The molecule has 2 fully saturated rings. The zero-order chi connectivity index (χ0) is 14.8. The van der Waals surface area contributed by atoms with E-state index in [1.807, 2.05) is 0 Å². The fourth-order valence-corrected chi connectivity index (χ4v) is 3.91. The van der Waals surface area contributed by atoms with E-state index in [0.717, 1.165) is 0 Å². The second-order valence-electron chi connectivity index (χ2n) is 5.79. The zero-order valence-electron chi connectivity index (χ0n) is 10.9. The number of allylic oxidation sites excluding steroid dienone is 2. The summed E-state index contributed by atoms with van der Waals surface area (Å²) in [4.78, 5) is 0. The van der Waals surface area contributed by atoms with E-state index in [9.17, 15) is 26.3 Å². The van der Waals surface area contributed by atoms with Gasteiger partial charge in [0.2, 0.25) is 0 Å². The highest BCUT2D eigenvalue weighted by Crippen LogP contribution is 2.70. The first-order valence-corrected chi connectivity index (χ1v) is 6.29. The number of halogens is 6. The van der Waals surface area contributed by atoms with Crippen LogP contribution in [0.3, 0.4) is 0 Å². The second-order valence-corrected chi connectivity index (χ2v) is 5.79. The predicted molar refractivity (Wildman–Crippen MR) is 58.5 cm³/mol. The summed E-state index contributed by atoms with van der Waals surface area (Å²) in [7, 11) is 0. The van der Waals surface area contributed by atoms with Crippen molar-refractivity contribution in [2.24, 2.45) is 23.7 Å². The third kappa shape index (κ3) is 1.54. The predicted octanol–water partition coefficient (Wildman–Crippen LogP) is 4.76. The van der Waals surface area contributed by atoms with Gasteiger partial charge in [0.05, 0.1) is 0 Å². The normalized spacial score (nSPS) is 43.5. The van der Waals surface area contributed by atoms with Gasteiger partial charge in [-0.15, -0.1) is 0 Å². The van der Waals surface area contributed by atoms with E-state index >= 15 is 0 Å². The summed E-state index contributed by atoms with van der Waals surface area (Å²) >= 11 is 0. The van der Waals surface area contributed by atoms with E-state index < -0.39 is 41.9 Å². The zero-order valence-corrected chi connectivity index (χ0v) is 10.9. The average molecular weight is 286 g/mol. The van der Waals surface area contributed by atoms with Gasteiger partial charge in [0.15, 0.2) is 0 Å². The van der Waals surface area contributed by atoms with E-state index in [1.54, 1.807) is 13.8 Å². The van der Waals surface area contributed by atoms with Gasteiger partial charge in [-0.1, -0.05) is 25.5 Å². The third-order valence-electron chi connectivity index (χ3n) is 4.61. The maximum atomic E-state index is 14.3. The fourth-order valence-electron chi connectivity index (χ4n) is 3.91. The van der Waals surface area contributed by atoms with E-state index in [1.165, 1.54) is 13.0 Å². The van der Waals surface area contributed by atoms with E-state index in [4.69, 9.17) is 0 Å². The molecule has 110 valence electrons. The largest absolute Gasteiger partial charge is 0.428 e. The number of fused-ring (bicyclic) bond motifs is 2. The highest BCUT2D eigenvalue weighted by molar-refractivity contribution is 5.34. The van der Waals surface area contributed by atoms with Gasteiger partial charge >= 0.3 is 6.18 Å². The molecule has 2 saturated carbocycles. The Hall–Kier alpha value is -0.680. The molecule has 0 nitrogen and oxygen atoms in total. The second kappa shape index (κ2) is 3.92. The molecule has 0 spiro atoms. The minimum absolute atomic E-state index is 0.280. The molecule has 6 heteroatoms. The van der Waals surface area contributed by atoms with Gasteiger partial charge in [-0.2, -0.15) is 13.2 Å². The van der Waals surface area contributed by atoms with Crippen molar-refractivity contribution in [1.29, 1.82) is 0 Å². The van der Waals surface area contributed by atoms with Crippen molar-refractivity contribution in [2.45, 2.75) is 45.0 Å². The lowest BCUT2D eigenvalue weighted by Crippen LogP contribution is -2.61. The van der Waals surface area contributed by atoms with Crippen molar-refractivity contribution >= 4 is 0 Å². The van der Waals surface area contributed by atoms with Crippen molar-refractivity contribution in [3.63, 3.8) is 0 Å². The number of hydrogen-bond acceptors (Lipinski definition) is 0. The van der Waals surface area contributed by atoms with Gasteiger partial charge in [0, 0.05) is 11.8 Å². The highest BCUT2D eigenvalue weighted by atomic mass is 19.4. The maximum absolute atomic E-state index is 14.3. The Morgan fingerprint density at radius 2 is 1.74 bits per heavy atom. The molecule has 0 saturated heterocycles. The van der Waals surface area contributed by atoms with Crippen LogP contribution < -0.4 is 0 Å². The molecule has 4 atom stereocenters. The Kier molecular flexibility index (Phi) is 3.03. The van der Waals surface area contributed by atoms with E-state index in [-0.39, 0.29) is 11.5 Å². The van der Waals surface area contributed by atoms with Crippen molar-refractivity contribution in [1.82, 2.24) is 0 Å². The fraction of sp³-hybridized carbons (Fsp3) is 0.846. The van der Waals surface area contributed by atoms with Crippen molar-refractivity contribution in [3.8, 4) is 0 Å². The van der Waals surface area contributed by atoms with Crippen LogP contribution in [0.2, 0.25) is 0 Å². The van der Waals surface area contributed by atoms with Gasteiger partial charge in [-0.25, -0.2) is 13.2 Å². The quantitative estimate of drug-likeness (QED) is 0.481. The number of hydrogen-bond donors (Lipinski definition) is 0. The molecule has 4 unspecified atom stereocenters. The van der Waals surface area contributed by atoms with Crippen LogP contribution in [0, 0.1) is 23.7 Å². The smallest absolute Gasteiger partial charge is 0.227 e. The van der Waals surface area contributed by atoms with Crippen LogP contribution in [0.15, 0.2) is 11.6 Å². The molecule has 0 amide bonds. The molecule has 0 aromatic carbocycles. The summed E-state index contributed by atoms with van der Waals surface area (Å²) in [5.41, 5.74) is -4.12. The topological polar surface area (TPSA) is 0 Å². The van der Waals surface area contributed by atoms with Gasteiger partial charge < -0.3 is 0 Å². The van der Waals surface area contributed by atoms with Crippen LogP contribution in [0.5, 0.6) is 0 Å². The molecular formula is C13H16F6. The summed E-state index contributed by atoms with van der Waals surface area (Å²) in [6, 6.07) is 0. The van der Waals surface area contributed by atoms with Gasteiger partial charge in [-0.3, -0.25) is 0 Å². The first kappa shape index (κ1) is 14.7. The summed E-state index contributed by atoms with van der Waals surface area (Å²) in [6.45, 7) is 4.81. The monoisotopic (exact) mass is 286 g/mol. The Bertz CT molecular complexity index is 404. The molecule has 0 aromatic rings. The Morgan fingerprint density at radius 1 is 1.21 bits per heavy atom. The SMILES string of the molecule is C/C=C1\C(C(C)C)C2CC1C(F)(F)C2(F)C(F)(F)F. The molecule has 2 bridgehead atoms. The molecule has 0 aromatic heterocycles. The average Bonchev–Trinajstić information content (AvgIpc) is 2.72.